The van der Waals surface area contributed by atoms with Crippen LogP contribution in [0.4, 0.5) is 0 Å². The molecule has 0 amide bonds. The van der Waals surface area contributed by atoms with Crippen molar-refractivity contribution in [3.8, 4) is 0 Å². The van der Waals surface area contributed by atoms with Gasteiger partial charge in [0, 0.05) is 19.3 Å². The third kappa shape index (κ3) is 39.5. The van der Waals surface area contributed by atoms with E-state index in [-0.39, 0.29) is 31.1 Å². The zero-order valence-corrected chi connectivity index (χ0v) is 34.7. The highest BCUT2D eigenvalue weighted by molar-refractivity contribution is 5.71. The lowest BCUT2D eigenvalue weighted by atomic mass is 10.0. The number of hydrogen-bond acceptors (Lipinski definition) is 6. The number of unbranched alkanes of at least 4 members (excludes halogenated alkanes) is 24. The Kier molecular flexibility index (Phi) is 37.0. The molecule has 6 heteroatoms. The third-order valence-corrected chi connectivity index (χ3v) is 9.97. The minimum atomic E-state index is -0.761. The molecule has 0 aliphatic heterocycles. The predicted octanol–water partition coefficient (Wildman–Crippen LogP) is 13.8. The molecular formula is C45H86O6. The third-order valence-electron chi connectivity index (χ3n) is 9.97. The molecule has 0 saturated heterocycles. The van der Waals surface area contributed by atoms with Crippen molar-refractivity contribution in [2.75, 3.05) is 13.2 Å². The van der Waals surface area contributed by atoms with Gasteiger partial charge in [0.2, 0.25) is 0 Å². The van der Waals surface area contributed by atoms with E-state index in [1.54, 1.807) is 0 Å². The highest BCUT2D eigenvalue weighted by Crippen LogP contribution is 2.16. The quantitative estimate of drug-likeness (QED) is 0.0357. The summed E-state index contributed by atoms with van der Waals surface area (Å²) in [7, 11) is 0. The molecule has 51 heavy (non-hydrogen) atoms. The first-order valence-corrected chi connectivity index (χ1v) is 22.2. The number of hydrogen-bond donors (Lipinski definition) is 0. The number of esters is 3. The van der Waals surface area contributed by atoms with Gasteiger partial charge in [0.1, 0.15) is 13.2 Å². The fourth-order valence-corrected chi connectivity index (χ4v) is 6.58. The molecule has 0 aromatic carbocycles. The Hall–Kier alpha value is -1.59. The largest absolute Gasteiger partial charge is 0.462 e. The first-order valence-electron chi connectivity index (χ1n) is 22.2. The summed E-state index contributed by atoms with van der Waals surface area (Å²) >= 11 is 0. The van der Waals surface area contributed by atoms with Gasteiger partial charge in [-0.1, -0.05) is 202 Å². The molecule has 0 heterocycles. The lowest BCUT2D eigenvalue weighted by Gasteiger charge is -2.18. The Morgan fingerprint density at radius 1 is 0.373 bits per heavy atom. The van der Waals surface area contributed by atoms with Gasteiger partial charge >= 0.3 is 17.9 Å². The Labute approximate surface area is 317 Å². The zero-order valence-electron chi connectivity index (χ0n) is 34.7. The first kappa shape index (κ1) is 49.4. The van der Waals surface area contributed by atoms with Gasteiger partial charge in [-0.2, -0.15) is 0 Å². The summed E-state index contributed by atoms with van der Waals surface area (Å²) in [5.74, 6) is 0.654. The molecule has 1 atom stereocenters. The summed E-state index contributed by atoms with van der Waals surface area (Å²) in [6, 6.07) is 0. The molecular weight excluding hydrogens is 636 g/mol. The van der Waals surface area contributed by atoms with E-state index in [1.807, 2.05) is 0 Å². The van der Waals surface area contributed by atoms with Crippen LogP contribution in [0.2, 0.25) is 0 Å². The van der Waals surface area contributed by atoms with Crippen molar-refractivity contribution in [2.45, 2.75) is 246 Å². The molecule has 0 N–H and O–H groups in total. The lowest BCUT2D eigenvalue weighted by molar-refractivity contribution is -0.167. The van der Waals surface area contributed by atoms with Crippen molar-refractivity contribution >= 4 is 17.9 Å². The Bertz CT molecular complexity index is 779. The molecule has 0 aliphatic carbocycles. The minimum Gasteiger partial charge on any atom is -0.462 e. The normalized spacial score (nSPS) is 12.1. The maximum absolute atomic E-state index is 12.6. The first-order chi connectivity index (χ1) is 24.7. The SMILES string of the molecule is CCCCCCCCCCCCCCCCCC(=O)OC[C@@H](COC(=O)CCCCCCCCC(C)C)OC(=O)CCCCCCCCC(C)C. The van der Waals surface area contributed by atoms with Crippen LogP contribution in [-0.2, 0) is 28.6 Å². The topological polar surface area (TPSA) is 78.9 Å². The van der Waals surface area contributed by atoms with Crippen molar-refractivity contribution in [1.82, 2.24) is 0 Å². The highest BCUT2D eigenvalue weighted by atomic mass is 16.6. The molecule has 302 valence electrons. The average molecular weight is 723 g/mol. The maximum atomic E-state index is 12.6. The Morgan fingerprint density at radius 3 is 0.961 bits per heavy atom. The van der Waals surface area contributed by atoms with Gasteiger partial charge in [-0.3, -0.25) is 14.4 Å². The van der Waals surface area contributed by atoms with Gasteiger partial charge in [0.05, 0.1) is 0 Å². The van der Waals surface area contributed by atoms with Gasteiger partial charge < -0.3 is 14.2 Å². The molecule has 0 spiro atoms. The second-order valence-corrected chi connectivity index (χ2v) is 16.3. The van der Waals surface area contributed by atoms with Crippen molar-refractivity contribution in [2.24, 2.45) is 11.8 Å². The van der Waals surface area contributed by atoms with Crippen LogP contribution < -0.4 is 0 Å². The minimum absolute atomic E-state index is 0.0666. The fraction of sp³-hybridized carbons (Fsp3) is 0.933. The van der Waals surface area contributed by atoms with Crippen molar-refractivity contribution < 1.29 is 28.6 Å². The van der Waals surface area contributed by atoms with Crippen LogP contribution in [-0.4, -0.2) is 37.2 Å². The second kappa shape index (κ2) is 38.1. The van der Waals surface area contributed by atoms with Gasteiger partial charge in [-0.25, -0.2) is 0 Å². The van der Waals surface area contributed by atoms with Crippen LogP contribution in [0.15, 0.2) is 0 Å². The second-order valence-electron chi connectivity index (χ2n) is 16.3. The van der Waals surface area contributed by atoms with Crippen LogP contribution in [0.1, 0.15) is 240 Å². The number of carbonyl (C=O) groups is 3. The maximum Gasteiger partial charge on any atom is 0.306 e. The molecule has 0 radical (unpaired) electrons. The van der Waals surface area contributed by atoms with Crippen LogP contribution in [0.25, 0.3) is 0 Å². The van der Waals surface area contributed by atoms with E-state index in [0.29, 0.717) is 19.3 Å². The van der Waals surface area contributed by atoms with Gasteiger partial charge in [-0.05, 0) is 31.1 Å². The smallest absolute Gasteiger partial charge is 0.306 e. The van der Waals surface area contributed by atoms with Crippen LogP contribution in [0, 0.1) is 11.8 Å². The summed E-state index contributed by atoms with van der Waals surface area (Å²) in [5, 5.41) is 0. The summed E-state index contributed by atoms with van der Waals surface area (Å²) < 4.78 is 16.7. The van der Waals surface area contributed by atoms with Gasteiger partial charge in [0.15, 0.2) is 6.10 Å². The van der Waals surface area contributed by atoms with E-state index in [2.05, 4.69) is 34.6 Å². The zero-order chi connectivity index (χ0) is 37.6. The number of ether oxygens (including phenoxy) is 3. The van der Waals surface area contributed by atoms with E-state index in [9.17, 15) is 14.4 Å². The monoisotopic (exact) mass is 723 g/mol. The molecule has 0 saturated carbocycles. The average Bonchev–Trinajstić information content (AvgIpc) is 3.09. The summed E-state index contributed by atoms with van der Waals surface area (Å²) in [6.45, 7) is 11.2. The Morgan fingerprint density at radius 2 is 0.647 bits per heavy atom. The van der Waals surface area contributed by atoms with Gasteiger partial charge in [0.25, 0.3) is 0 Å². The number of rotatable bonds is 39. The van der Waals surface area contributed by atoms with E-state index < -0.39 is 6.10 Å². The van der Waals surface area contributed by atoms with Crippen molar-refractivity contribution in [3.63, 3.8) is 0 Å². The van der Waals surface area contributed by atoms with Crippen molar-refractivity contribution in [3.05, 3.63) is 0 Å². The molecule has 0 bridgehead atoms. The number of carbonyl (C=O) groups excluding carboxylic acids is 3. The van der Waals surface area contributed by atoms with Gasteiger partial charge in [-0.15, -0.1) is 0 Å². The van der Waals surface area contributed by atoms with E-state index in [1.165, 1.54) is 128 Å². The summed E-state index contributed by atoms with van der Waals surface area (Å²) in [6.07, 6.45) is 35.4. The Balaban J connectivity index is 4.27. The molecule has 0 aromatic rings. The predicted molar refractivity (Wildman–Crippen MR) is 215 cm³/mol. The standard InChI is InChI=1S/C45H86O6/c1-6-7-8-9-10-11-12-13-14-15-16-17-18-25-30-35-43(46)49-38-42(51-45(48)37-32-27-22-20-24-29-34-41(4)5)39-50-44(47)36-31-26-21-19-23-28-33-40(2)3/h40-42H,6-39H2,1-5H3/t42-/m0/s1. The summed E-state index contributed by atoms with van der Waals surface area (Å²) in [5.41, 5.74) is 0. The summed E-state index contributed by atoms with van der Waals surface area (Å²) in [4.78, 5) is 37.6. The van der Waals surface area contributed by atoms with E-state index >= 15 is 0 Å². The fourth-order valence-electron chi connectivity index (χ4n) is 6.58. The molecule has 6 nitrogen and oxygen atoms in total. The highest BCUT2D eigenvalue weighted by Gasteiger charge is 2.19. The molecule has 0 rings (SSSR count). The van der Waals surface area contributed by atoms with E-state index in [0.717, 1.165) is 69.6 Å². The van der Waals surface area contributed by atoms with Crippen molar-refractivity contribution in [1.29, 1.82) is 0 Å². The molecule has 0 aliphatic rings. The van der Waals surface area contributed by atoms with Crippen LogP contribution in [0.5, 0.6) is 0 Å². The molecule has 0 unspecified atom stereocenters. The van der Waals surface area contributed by atoms with Crippen LogP contribution in [0.3, 0.4) is 0 Å². The lowest BCUT2D eigenvalue weighted by Crippen LogP contribution is -2.30. The van der Waals surface area contributed by atoms with Crippen LogP contribution >= 0.6 is 0 Å². The molecule has 0 aromatic heterocycles. The van der Waals surface area contributed by atoms with E-state index in [4.69, 9.17) is 14.2 Å². The molecule has 0 fully saturated rings.